The summed E-state index contributed by atoms with van der Waals surface area (Å²) in [6.07, 6.45) is -0.133. The van der Waals surface area contributed by atoms with E-state index in [2.05, 4.69) is 5.32 Å². The van der Waals surface area contributed by atoms with Gasteiger partial charge in [-0.2, -0.15) is 0 Å². The monoisotopic (exact) mass is 308 g/mol. The molecule has 0 saturated carbocycles. The maximum atomic E-state index is 12.1. The fraction of sp³-hybridized carbons (Fsp3) is 0.588. The Balaban J connectivity index is 2.47. The highest BCUT2D eigenvalue weighted by atomic mass is 16.5. The number of hydrogen-bond acceptors (Lipinski definition) is 3. The Morgan fingerprint density at radius 1 is 1.41 bits per heavy atom. The molecule has 0 aliphatic carbocycles. The van der Waals surface area contributed by atoms with Crippen molar-refractivity contribution in [1.29, 1.82) is 0 Å². The molecule has 0 aromatic heterocycles. The minimum atomic E-state index is -0.906. The number of carbonyl (C=O) groups is 1. The van der Waals surface area contributed by atoms with E-state index < -0.39 is 5.60 Å². The number of carbonyl (C=O) groups excluding carboxylic acids is 1. The van der Waals surface area contributed by atoms with Crippen molar-refractivity contribution in [2.45, 2.75) is 46.3 Å². The number of aliphatic hydroxyl groups is 1. The molecular formula is C17H28N2O3. The second-order valence-corrected chi connectivity index (χ2v) is 6.21. The van der Waals surface area contributed by atoms with Crippen LogP contribution in [-0.4, -0.2) is 47.4 Å². The molecule has 0 fully saturated rings. The average Bonchev–Trinajstić information content (AvgIpc) is 2.43. The smallest absolute Gasteiger partial charge is 0.317 e. The minimum Gasteiger partial charge on any atom is -0.489 e. The van der Waals surface area contributed by atoms with E-state index in [1.165, 1.54) is 0 Å². The largest absolute Gasteiger partial charge is 0.489 e. The first kappa shape index (κ1) is 18.3. The summed E-state index contributed by atoms with van der Waals surface area (Å²) < 4.78 is 5.83. The van der Waals surface area contributed by atoms with Gasteiger partial charge in [-0.3, -0.25) is 0 Å². The third-order valence-corrected chi connectivity index (χ3v) is 3.21. The van der Waals surface area contributed by atoms with E-state index >= 15 is 0 Å². The van der Waals surface area contributed by atoms with Crippen LogP contribution in [0.2, 0.25) is 0 Å². The van der Waals surface area contributed by atoms with Crippen LogP contribution >= 0.6 is 0 Å². The van der Waals surface area contributed by atoms with Crippen LogP contribution in [0.15, 0.2) is 24.3 Å². The highest BCUT2D eigenvalue weighted by Gasteiger charge is 2.21. The van der Waals surface area contributed by atoms with Crippen LogP contribution in [0.25, 0.3) is 0 Å². The maximum Gasteiger partial charge on any atom is 0.317 e. The number of ether oxygens (including phenoxy) is 1. The predicted octanol–water partition coefficient (Wildman–Crippen LogP) is 2.56. The van der Waals surface area contributed by atoms with Crippen LogP contribution in [0.5, 0.6) is 5.75 Å². The van der Waals surface area contributed by atoms with E-state index in [1.807, 2.05) is 45.0 Å². The van der Waals surface area contributed by atoms with Crippen LogP contribution in [0.3, 0.4) is 0 Å². The molecule has 0 bridgehead atoms. The lowest BCUT2D eigenvalue weighted by molar-refractivity contribution is 0.0476. The number of hydrogen-bond donors (Lipinski definition) is 2. The van der Waals surface area contributed by atoms with Gasteiger partial charge in [0.1, 0.15) is 11.9 Å². The van der Waals surface area contributed by atoms with Gasteiger partial charge in [-0.1, -0.05) is 18.2 Å². The van der Waals surface area contributed by atoms with Gasteiger partial charge in [-0.15, -0.1) is 0 Å². The summed E-state index contributed by atoms with van der Waals surface area (Å²) in [5.74, 6) is 0.827. The van der Waals surface area contributed by atoms with Gasteiger partial charge in [0.05, 0.1) is 18.7 Å². The number of benzene rings is 1. The Morgan fingerprint density at radius 2 is 2.05 bits per heavy atom. The number of urea groups is 1. The van der Waals surface area contributed by atoms with Gasteiger partial charge < -0.3 is 20.1 Å². The highest BCUT2D eigenvalue weighted by Crippen LogP contribution is 2.17. The molecule has 2 N–H and O–H groups in total. The van der Waals surface area contributed by atoms with E-state index in [-0.39, 0.29) is 12.1 Å². The van der Waals surface area contributed by atoms with Crippen LogP contribution in [-0.2, 0) is 0 Å². The molecule has 1 aromatic rings. The number of nitrogens with one attached hydrogen (secondary N) is 1. The molecule has 0 aliphatic heterocycles. The first-order valence-corrected chi connectivity index (χ1v) is 7.70. The number of para-hydroxylation sites is 1. The zero-order chi connectivity index (χ0) is 16.8. The van der Waals surface area contributed by atoms with Gasteiger partial charge in [-0.05, 0) is 46.2 Å². The van der Waals surface area contributed by atoms with Crippen molar-refractivity contribution in [2.75, 3.05) is 19.6 Å². The Bertz CT molecular complexity index is 483. The van der Waals surface area contributed by atoms with E-state index in [4.69, 9.17) is 4.74 Å². The quantitative estimate of drug-likeness (QED) is 0.814. The molecule has 1 aromatic carbocycles. The third kappa shape index (κ3) is 6.35. The fourth-order valence-electron chi connectivity index (χ4n) is 2.08. The summed E-state index contributed by atoms with van der Waals surface area (Å²) in [4.78, 5) is 13.7. The van der Waals surface area contributed by atoms with Gasteiger partial charge in [0.15, 0.2) is 0 Å². The van der Waals surface area contributed by atoms with Crippen molar-refractivity contribution in [3.63, 3.8) is 0 Å². The highest BCUT2D eigenvalue weighted by molar-refractivity contribution is 5.74. The van der Waals surface area contributed by atoms with Crippen molar-refractivity contribution in [3.05, 3.63) is 29.8 Å². The van der Waals surface area contributed by atoms with Crippen molar-refractivity contribution < 1.29 is 14.6 Å². The zero-order valence-electron chi connectivity index (χ0n) is 14.2. The maximum absolute atomic E-state index is 12.1. The molecule has 5 heteroatoms. The number of likely N-dealkylation sites (N-methyl/N-ethyl adjacent to an activating group) is 1. The normalized spacial score (nSPS) is 12.6. The van der Waals surface area contributed by atoms with E-state index in [0.717, 1.165) is 11.3 Å². The number of aryl methyl sites for hydroxylation is 1. The van der Waals surface area contributed by atoms with Crippen LogP contribution in [0, 0.1) is 6.92 Å². The molecule has 0 radical (unpaired) electrons. The van der Waals surface area contributed by atoms with Crippen LogP contribution in [0.1, 0.15) is 33.3 Å². The number of rotatable bonds is 7. The van der Waals surface area contributed by atoms with Crippen molar-refractivity contribution in [1.82, 2.24) is 10.2 Å². The third-order valence-electron chi connectivity index (χ3n) is 3.21. The molecule has 1 rings (SSSR count). The molecule has 0 saturated heterocycles. The SMILES string of the molecule is CCN(CC(C)(C)O)C(=O)NCC(C)Oc1ccccc1C. The standard InChI is InChI=1S/C17H28N2O3/c1-6-19(12-17(4,5)21)16(20)18-11-14(3)22-15-10-8-7-9-13(15)2/h7-10,14,21H,6,11-12H2,1-5H3,(H,18,20). The Morgan fingerprint density at radius 3 is 2.59 bits per heavy atom. The van der Waals surface area contributed by atoms with Crippen molar-refractivity contribution >= 4 is 6.03 Å². The van der Waals surface area contributed by atoms with Gasteiger partial charge in [0.25, 0.3) is 0 Å². The van der Waals surface area contributed by atoms with Gasteiger partial charge in [0, 0.05) is 6.54 Å². The lowest BCUT2D eigenvalue weighted by Crippen LogP contribution is -2.48. The van der Waals surface area contributed by atoms with Crippen molar-refractivity contribution in [3.8, 4) is 5.75 Å². The molecule has 5 nitrogen and oxygen atoms in total. The Hall–Kier alpha value is -1.75. The lowest BCUT2D eigenvalue weighted by Gasteiger charge is -2.28. The summed E-state index contributed by atoms with van der Waals surface area (Å²) in [6, 6.07) is 7.60. The second-order valence-electron chi connectivity index (χ2n) is 6.21. The summed E-state index contributed by atoms with van der Waals surface area (Å²) >= 11 is 0. The van der Waals surface area contributed by atoms with E-state index in [0.29, 0.717) is 19.6 Å². The van der Waals surface area contributed by atoms with E-state index in [1.54, 1.807) is 18.7 Å². The molecule has 124 valence electrons. The Kier molecular flexibility index (Phi) is 6.68. The van der Waals surface area contributed by atoms with Gasteiger partial charge >= 0.3 is 6.03 Å². The molecule has 0 aliphatic rings. The predicted molar refractivity (Wildman–Crippen MR) is 88.2 cm³/mol. The average molecular weight is 308 g/mol. The summed E-state index contributed by atoms with van der Waals surface area (Å²) in [5, 5.41) is 12.7. The molecule has 1 atom stereocenters. The molecule has 22 heavy (non-hydrogen) atoms. The van der Waals surface area contributed by atoms with Crippen LogP contribution < -0.4 is 10.1 Å². The van der Waals surface area contributed by atoms with Crippen molar-refractivity contribution in [2.24, 2.45) is 0 Å². The lowest BCUT2D eigenvalue weighted by atomic mass is 10.1. The summed E-state index contributed by atoms with van der Waals surface area (Å²) in [7, 11) is 0. The molecule has 1 unspecified atom stereocenters. The molecule has 2 amide bonds. The fourth-order valence-corrected chi connectivity index (χ4v) is 2.08. The second kappa shape index (κ2) is 8.03. The molecular weight excluding hydrogens is 280 g/mol. The van der Waals surface area contributed by atoms with Gasteiger partial charge in [0.2, 0.25) is 0 Å². The van der Waals surface area contributed by atoms with Gasteiger partial charge in [-0.25, -0.2) is 4.79 Å². The topological polar surface area (TPSA) is 61.8 Å². The minimum absolute atomic E-state index is 0.133. The first-order chi connectivity index (χ1) is 10.2. The van der Waals surface area contributed by atoms with Crippen LogP contribution in [0.4, 0.5) is 4.79 Å². The zero-order valence-corrected chi connectivity index (χ0v) is 14.2. The summed E-state index contributed by atoms with van der Waals surface area (Å²) in [6.45, 7) is 10.4. The number of amides is 2. The Labute approximate surface area is 133 Å². The summed E-state index contributed by atoms with van der Waals surface area (Å²) in [5.41, 5.74) is 0.161. The number of nitrogens with zero attached hydrogens (tertiary/aromatic N) is 1. The molecule has 0 spiro atoms. The van der Waals surface area contributed by atoms with E-state index in [9.17, 15) is 9.90 Å². The first-order valence-electron chi connectivity index (χ1n) is 7.70. The molecule has 0 heterocycles.